The number of likely N-dealkylation sites (tertiary alicyclic amines) is 1. The highest BCUT2D eigenvalue weighted by molar-refractivity contribution is 7.94. The molecule has 130 valence electrons. The molecule has 1 saturated heterocycles. The lowest BCUT2D eigenvalue weighted by Gasteiger charge is -2.37. The molecule has 8 heteroatoms. The minimum absolute atomic E-state index is 0.232. The van der Waals surface area contributed by atoms with Gasteiger partial charge < -0.3 is 14.4 Å². The number of hydrogen-bond donors (Lipinski definition) is 2. The molecule has 0 saturated carbocycles. The lowest BCUT2D eigenvalue weighted by molar-refractivity contribution is -0.147. The molecule has 0 aromatic heterocycles. The first-order valence-corrected chi connectivity index (χ1v) is 8.49. The van der Waals surface area contributed by atoms with E-state index in [0.29, 0.717) is 41.2 Å². The van der Waals surface area contributed by atoms with Gasteiger partial charge in [-0.3, -0.25) is 4.90 Å². The van der Waals surface area contributed by atoms with Crippen LogP contribution in [0.5, 0.6) is 0 Å². The van der Waals surface area contributed by atoms with Gasteiger partial charge in [0.1, 0.15) is 6.04 Å². The number of benzene rings is 1. The predicted molar refractivity (Wildman–Crippen MR) is 92.1 cm³/mol. The van der Waals surface area contributed by atoms with Crippen molar-refractivity contribution in [2.45, 2.75) is 17.7 Å². The van der Waals surface area contributed by atoms with E-state index in [0.717, 1.165) is 6.08 Å². The van der Waals surface area contributed by atoms with Crippen molar-refractivity contribution in [3.63, 3.8) is 0 Å². The summed E-state index contributed by atoms with van der Waals surface area (Å²) in [6, 6.07) is 6.26. The summed E-state index contributed by atoms with van der Waals surface area (Å²) in [6.45, 7) is 0.732. The molecular weight excluding hydrogens is 354 g/mol. The number of methoxy groups -OCH3 is 1. The summed E-state index contributed by atoms with van der Waals surface area (Å²) in [4.78, 5) is 25.2. The van der Waals surface area contributed by atoms with Crippen LogP contribution in [0.2, 0.25) is 5.02 Å². The smallest absolute Gasteiger partial charge is 0.328 e. The fourth-order valence-corrected chi connectivity index (χ4v) is 3.53. The molecule has 2 atom stereocenters. The maximum Gasteiger partial charge on any atom is 0.328 e. The molecule has 1 aromatic carbocycles. The van der Waals surface area contributed by atoms with Crippen LogP contribution < -0.4 is 0 Å². The van der Waals surface area contributed by atoms with Gasteiger partial charge in [0.2, 0.25) is 0 Å². The Hall–Kier alpha value is -1.54. The van der Waals surface area contributed by atoms with Crippen LogP contribution in [0.1, 0.15) is 18.0 Å². The van der Waals surface area contributed by atoms with E-state index in [1.165, 1.54) is 7.11 Å². The van der Waals surface area contributed by atoms with Crippen LogP contribution in [0, 0.1) is 0 Å². The first kappa shape index (κ1) is 18.8. The molecule has 0 amide bonds. The van der Waals surface area contributed by atoms with Crippen LogP contribution in [0.3, 0.4) is 0 Å². The summed E-state index contributed by atoms with van der Waals surface area (Å²) in [6.07, 6.45) is 1.60. The van der Waals surface area contributed by atoms with Gasteiger partial charge in [-0.15, -0.1) is 0 Å². The molecule has 24 heavy (non-hydrogen) atoms. The molecule has 6 nitrogen and oxygen atoms in total. The maximum absolute atomic E-state index is 12.3. The Morgan fingerprint density at radius 2 is 2.17 bits per heavy atom. The molecule has 2 rings (SSSR count). The van der Waals surface area contributed by atoms with Crippen molar-refractivity contribution in [2.24, 2.45) is 0 Å². The topological polar surface area (TPSA) is 87.1 Å². The molecule has 1 heterocycles. The van der Waals surface area contributed by atoms with E-state index in [1.807, 2.05) is 4.90 Å². The van der Waals surface area contributed by atoms with Crippen molar-refractivity contribution in [1.82, 2.24) is 4.90 Å². The molecule has 1 aromatic rings. The molecule has 2 N–H and O–H groups in total. The van der Waals surface area contributed by atoms with Crippen molar-refractivity contribution in [2.75, 3.05) is 20.2 Å². The molecule has 1 aliphatic rings. The van der Waals surface area contributed by atoms with Crippen molar-refractivity contribution in [3.05, 3.63) is 46.5 Å². The average molecular weight is 372 g/mol. The van der Waals surface area contributed by atoms with Crippen LogP contribution in [-0.4, -0.2) is 51.9 Å². The zero-order valence-corrected chi connectivity index (χ0v) is 14.6. The lowest BCUT2D eigenvalue weighted by atomic mass is 9.98. The number of ether oxygens (including phenoxy) is 1. The number of nitrogens with zero attached hydrogens (tertiary/aromatic N) is 1. The van der Waals surface area contributed by atoms with Crippen LogP contribution in [-0.2, 0) is 14.3 Å². The highest BCUT2D eigenvalue weighted by atomic mass is 35.5. The number of hydrogen-bond acceptors (Lipinski definition) is 6. The van der Waals surface area contributed by atoms with Crippen LogP contribution in [0.4, 0.5) is 0 Å². The van der Waals surface area contributed by atoms with Gasteiger partial charge in [-0.05, 0) is 35.7 Å². The molecule has 0 spiro atoms. The number of carbonyl (C=O) groups is 2. The number of esters is 1. The third kappa shape index (κ3) is 4.30. The van der Waals surface area contributed by atoms with E-state index in [-0.39, 0.29) is 11.8 Å². The van der Waals surface area contributed by atoms with Gasteiger partial charge in [0.15, 0.2) is 0 Å². The van der Waals surface area contributed by atoms with Crippen LogP contribution in [0.25, 0.3) is 0 Å². The Morgan fingerprint density at radius 1 is 1.46 bits per heavy atom. The second-order valence-corrected chi connectivity index (χ2v) is 6.54. The SMILES string of the molecule is COC(=O)[C@@H](c1ccccc1Cl)N1CCC(SO)/C(=C\C(=O)O)C1. The average Bonchev–Trinajstić information content (AvgIpc) is 2.56. The molecule has 0 bridgehead atoms. The fraction of sp³-hybridized carbons (Fsp3) is 0.375. The summed E-state index contributed by atoms with van der Waals surface area (Å²) < 4.78 is 14.3. The van der Waals surface area contributed by atoms with Crippen molar-refractivity contribution in [3.8, 4) is 0 Å². The molecule has 0 aliphatic carbocycles. The Morgan fingerprint density at radius 3 is 2.75 bits per heavy atom. The van der Waals surface area contributed by atoms with Gasteiger partial charge in [0.05, 0.1) is 12.4 Å². The minimum atomic E-state index is -1.08. The standard InChI is InChI=1S/C16H18ClNO5S/c1-23-16(21)15(11-4-2-3-5-12(11)17)18-7-6-13(24-22)10(9-18)8-14(19)20/h2-5,8,13,15,22H,6-7,9H2,1H3,(H,19,20)/b10-8-/t13?,15-/m1/s1. The number of aliphatic carboxylic acids is 1. The molecule has 1 fully saturated rings. The number of carboxylic acid groups (broad SMARTS) is 1. The number of piperidine rings is 1. The Labute approximate surface area is 149 Å². The second kappa shape index (κ2) is 8.53. The van der Waals surface area contributed by atoms with E-state index in [9.17, 15) is 14.1 Å². The first-order valence-electron chi connectivity index (χ1n) is 7.27. The Bertz CT molecular complexity index is 651. The third-order valence-electron chi connectivity index (χ3n) is 3.90. The van der Waals surface area contributed by atoms with Gasteiger partial charge in [-0.25, -0.2) is 9.59 Å². The number of rotatable bonds is 5. The molecular formula is C16H18ClNO5S. The third-order valence-corrected chi connectivity index (χ3v) is 5.04. The zero-order chi connectivity index (χ0) is 17.7. The van der Waals surface area contributed by atoms with Gasteiger partial charge in [0.25, 0.3) is 0 Å². The Kier molecular flexibility index (Phi) is 6.68. The summed E-state index contributed by atoms with van der Waals surface area (Å²) in [5.74, 6) is -1.55. The van der Waals surface area contributed by atoms with E-state index >= 15 is 0 Å². The summed E-state index contributed by atoms with van der Waals surface area (Å²) in [5, 5.41) is 9.16. The monoisotopic (exact) mass is 371 g/mol. The van der Waals surface area contributed by atoms with Crippen molar-refractivity contribution in [1.29, 1.82) is 0 Å². The molecule has 1 unspecified atom stereocenters. The maximum atomic E-state index is 12.3. The predicted octanol–water partition coefficient (Wildman–Crippen LogP) is 2.85. The summed E-state index contributed by atoms with van der Waals surface area (Å²) >= 11 is 6.85. The van der Waals surface area contributed by atoms with Crippen molar-refractivity contribution < 1.29 is 24.0 Å². The van der Waals surface area contributed by atoms with E-state index < -0.39 is 18.0 Å². The second-order valence-electron chi connectivity index (χ2n) is 5.36. The van der Waals surface area contributed by atoms with E-state index in [2.05, 4.69) is 0 Å². The van der Waals surface area contributed by atoms with Gasteiger partial charge in [0, 0.05) is 24.2 Å². The first-order chi connectivity index (χ1) is 11.5. The van der Waals surface area contributed by atoms with Gasteiger partial charge in [-0.1, -0.05) is 29.8 Å². The van der Waals surface area contributed by atoms with Crippen molar-refractivity contribution >= 4 is 35.6 Å². The fourth-order valence-electron chi connectivity index (χ4n) is 2.80. The number of carboxylic acids is 1. The molecule has 0 radical (unpaired) electrons. The highest BCUT2D eigenvalue weighted by Gasteiger charge is 2.35. The quantitative estimate of drug-likeness (QED) is 0.467. The van der Waals surface area contributed by atoms with E-state index in [4.69, 9.17) is 21.4 Å². The molecule has 1 aliphatic heterocycles. The number of carbonyl (C=O) groups excluding carboxylic acids is 1. The van der Waals surface area contributed by atoms with Crippen LogP contribution >= 0.6 is 23.6 Å². The van der Waals surface area contributed by atoms with Gasteiger partial charge >= 0.3 is 11.9 Å². The van der Waals surface area contributed by atoms with Gasteiger partial charge in [-0.2, -0.15) is 0 Å². The number of halogens is 1. The largest absolute Gasteiger partial charge is 0.478 e. The minimum Gasteiger partial charge on any atom is -0.478 e. The normalized spacial score (nSPS) is 21.5. The lowest BCUT2D eigenvalue weighted by Crippen LogP contribution is -2.43. The van der Waals surface area contributed by atoms with E-state index in [1.54, 1.807) is 24.3 Å². The Balaban J connectivity index is 2.36. The highest BCUT2D eigenvalue weighted by Crippen LogP contribution is 2.34. The summed E-state index contributed by atoms with van der Waals surface area (Å²) in [7, 11) is 1.30. The zero-order valence-electron chi connectivity index (χ0n) is 13.0. The summed E-state index contributed by atoms with van der Waals surface area (Å²) in [5.41, 5.74) is 1.15. The van der Waals surface area contributed by atoms with Crippen LogP contribution in [0.15, 0.2) is 35.9 Å².